The first kappa shape index (κ1) is 16.7. The Hall–Kier alpha value is -2.63. The number of nitrogens with zero attached hydrogens (tertiary/aromatic N) is 1. The molecule has 0 radical (unpaired) electrons. The van der Waals surface area contributed by atoms with Crippen LogP contribution in [0.25, 0.3) is 0 Å². The number of benzene rings is 1. The molecule has 0 saturated heterocycles. The summed E-state index contributed by atoms with van der Waals surface area (Å²) in [5.41, 5.74) is 0.926. The molecule has 6 heteroatoms. The van der Waals surface area contributed by atoms with Crippen LogP contribution in [0.4, 0.5) is 20.6 Å². The number of hydrogen-bond donors (Lipinski definition) is 2. The van der Waals surface area contributed by atoms with Gasteiger partial charge in [-0.15, -0.1) is 0 Å². The third kappa shape index (κ3) is 5.58. The van der Waals surface area contributed by atoms with Gasteiger partial charge in [-0.1, -0.05) is 6.07 Å². The molecule has 122 valence electrons. The molecule has 1 amide bonds. The Balaban J connectivity index is 2.02. The number of nitrogens with one attached hydrogen (secondary N) is 2. The average Bonchev–Trinajstić information content (AvgIpc) is 2.47. The van der Waals surface area contributed by atoms with Crippen LogP contribution < -0.4 is 10.6 Å². The molecular weight excluding hydrogens is 297 g/mol. The minimum Gasteiger partial charge on any atom is -0.444 e. The van der Waals surface area contributed by atoms with Crippen molar-refractivity contribution in [3.05, 3.63) is 54.1 Å². The maximum atomic E-state index is 13.9. The summed E-state index contributed by atoms with van der Waals surface area (Å²) in [6.45, 7) is 5.71. The lowest BCUT2D eigenvalue weighted by atomic mass is 10.2. The van der Waals surface area contributed by atoms with E-state index >= 15 is 0 Å². The van der Waals surface area contributed by atoms with Crippen molar-refractivity contribution in [3.8, 4) is 0 Å². The lowest BCUT2D eigenvalue weighted by molar-refractivity contribution is 0.0636. The van der Waals surface area contributed by atoms with Gasteiger partial charge in [0.2, 0.25) is 0 Å². The van der Waals surface area contributed by atoms with E-state index in [0.29, 0.717) is 12.2 Å². The summed E-state index contributed by atoms with van der Waals surface area (Å²) in [5, 5.41) is 5.54. The number of rotatable bonds is 4. The fourth-order valence-corrected chi connectivity index (χ4v) is 1.85. The predicted octanol–water partition coefficient (Wildman–Crippen LogP) is 4.18. The molecule has 1 aromatic heterocycles. The van der Waals surface area contributed by atoms with E-state index in [0.717, 1.165) is 5.69 Å². The summed E-state index contributed by atoms with van der Waals surface area (Å²) < 4.78 is 19.0. The van der Waals surface area contributed by atoms with E-state index in [2.05, 4.69) is 15.6 Å². The van der Waals surface area contributed by atoms with Gasteiger partial charge in [-0.05, 0) is 51.1 Å². The summed E-state index contributed by atoms with van der Waals surface area (Å²) in [4.78, 5) is 15.9. The highest BCUT2D eigenvalue weighted by Crippen LogP contribution is 2.21. The molecule has 0 aliphatic carbocycles. The van der Waals surface area contributed by atoms with Gasteiger partial charge in [0, 0.05) is 11.9 Å². The SMILES string of the molecule is CC(C)(C)OC(=O)Nc1ccc(F)c(NCc2ccccn2)c1. The molecule has 0 aliphatic rings. The summed E-state index contributed by atoms with van der Waals surface area (Å²) in [6.07, 6.45) is 1.09. The first-order valence-electron chi connectivity index (χ1n) is 7.27. The lowest BCUT2D eigenvalue weighted by Gasteiger charge is -2.20. The number of aromatic nitrogens is 1. The second kappa shape index (κ2) is 7.09. The van der Waals surface area contributed by atoms with Crippen LogP contribution in [0.5, 0.6) is 0 Å². The monoisotopic (exact) mass is 317 g/mol. The molecule has 0 aliphatic heterocycles. The molecule has 1 aromatic carbocycles. The van der Waals surface area contributed by atoms with E-state index in [9.17, 15) is 9.18 Å². The fourth-order valence-electron chi connectivity index (χ4n) is 1.85. The van der Waals surface area contributed by atoms with Gasteiger partial charge < -0.3 is 10.1 Å². The van der Waals surface area contributed by atoms with E-state index in [1.807, 2.05) is 18.2 Å². The van der Waals surface area contributed by atoms with Crippen molar-refractivity contribution >= 4 is 17.5 Å². The Morgan fingerprint density at radius 3 is 2.70 bits per heavy atom. The Morgan fingerprint density at radius 1 is 1.26 bits per heavy atom. The quantitative estimate of drug-likeness (QED) is 0.888. The van der Waals surface area contributed by atoms with Crippen LogP contribution in [0.2, 0.25) is 0 Å². The lowest BCUT2D eigenvalue weighted by Crippen LogP contribution is -2.27. The first-order valence-corrected chi connectivity index (χ1v) is 7.27. The second-order valence-corrected chi connectivity index (χ2v) is 6.00. The first-order chi connectivity index (χ1) is 10.8. The van der Waals surface area contributed by atoms with Gasteiger partial charge in [0.05, 0.1) is 17.9 Å². The van der Waals surface area contributed by atoms with E-state index < -0.39 is 17.5 Å². The molecule has 0 fully saturated rings. The molecule has 23 heavy (non-hydrogen) atoms. The number of ether oxygens (including phenoxy) is 1. The number of carbonyl (C=O) groups excluding carboxylic acids is 1. The van der Waals surface area contributed by atoms with Crippen molar-refractivity contribution in [2.75, 3.05) is 10.6 Å². The molecule has 0 bridgehead atoms. The fraction of sp³-hybridized carbons (Fsp3) is 0.294. The minimum absolute atomic E-state index is 0.282. The minimum atomic E-state index is -0.593. The van der Waals surface area contributed by atoms with Gasteiger partial charge in [0.1, 0.15) is 11.4 Å². The van der Waals surface area contributed by atoms with Crippen molar-refractivity contribution < 1.29 is 13.9 Å². The van der Waals surface area contributed by atoms with Gasteiger partial charge in [-0.3, -0.25) is 10.3 Å². The molecule has 2 rings (SSSR count). The molecule has 0 atom stereocenters. The Bertz CT molecular complexity index is 669. The third-order valence-electron chi connectivity index (χ3n) is 2.80. The highest BCUT2D eigenvalue weighted by atomic mass is 19.1. The smallest absolute Gasteiger partial charge is 0.412 e. The molecule has 2 N–H and O–H groups in total. The largest absolute Gasteiger partial charge is 0.444 e. The number of carbonyl (C=O) groups is 1. The third-order valence-corrected chi connectivity index (χ3v) is 2.80. The zero-order chi connectivity index (χ0) is 16.9. The van der Waals surface area contributed by atoms with Gasteiger partial charge in [0.15, 0.2) is 0 Å². The zero-order valence-corrected chi connectivity index (χ0v) is 13.4. The number of anilines is 2. The number of halogens is 1. The van der Waals surface area contributed by atoms with Crippen LogP contribution in [0, 0.1) is 5.82 Å². The van der Waals surface area contributed by atoms with Crippen LogP contribution in [0.3, 0.4) is 0 Å². The van der Waals surface area contributed by atoms with Gasteiger partial charge in [-0.2, -0.15) is 0 Å². The maximum absolute atomic E-state index is 13.9. The maximum Gasteiger partial charge on any atom is 0.412 e. The Morgan fingerprint density at radius 2 is 2.04 bits per heavy atom. The van der Waals surface area contributed by atoms with Crippen molar-refractivity contribution in [2.24, 2.45) is 0 Å². The van der Waals surface area contributed by atoms with Gasteiger partial charge in [-0.25, -0.2) is 9.18 Å². The summed E-state index contributed by atoms with van der Waals surface area (Å²) >= 11 is 0. The molecule has 0 saturated carbocycles. The molecular formula is C17H20FN3O2. The summed E-state index contributed by atoms with van der Waals surface area (Å²) in [5.74, 6) is -0.407. The number of amides is 1. The van der Waals surface area contributed by atoms with E-state index in [4.69, 9.17) is 4.74 Å². The topological polar surface area (TPSA) is 63.2 Å². The molecule has 0 unspecified atom stereocenters. The van der Waals surface area contributed by atoms with Crippen molar-refractivity contribution in [3.63, 3.8) is 0 Å². The standard InChI is InChI=1S/C17H20FN3O2/c1-17(2,3)23-16(22)21-12-7-8-14(18)15(10-12)20-11-13-6-4-5-9-19-13/h4-10,20H,11H2,1-3H3,(H,21,22). The summed E-state index contributed by atoms with van der Waals surface area (Å²) in [7, 11) is 0. The van der Waals surface area contributed by atoms with Crippen LogP contribution >= 0.6 is 0 Å². The van der Waals surface area contributed by atoms with Crippen LogP contribution in [-0.2, 0) is 11.3 Å². The molecule has 1 heterocycles. The zero-order valence-electron chi connectivity index (χ0n) is 13.4. The second-order valence-electron chi connectivity index (χ2n) is 6.00. The van der Waals surface area contributed by atoms with Gasteiger partial charge in [0.25, 0.3) is 0 Å². The van der Waals surface area contributed by atoms with E-state index in [1.165, 1.54) is 18.2 Å². The van der Waals surface area contributed by atoms with Crippen LogP contribution in [0.15, 0.2) is 42.6 Å². The van der Waals surface area contributed by atoms with Crippen molar-refractivity contribution in [1.29, 1.82) is 0 Å². The summed E-state index contributed by atoms with van der Waals surface area (Å²) in [6, 6.07) is 9.80. The normalized spacial score (nSPS) is 11.0. The van der Waals surface area contributed by atoms with Crippen molar-refractivity contribution in [1.82, 2.24) is 4.98 Å². The molecule has 2 aromatic rings. The highest BCUT2D eigenvalue weighted by molar-refractivity contribution is 5.85. The Kier molecular flexibility index (Phi) is 5.16. The van der Waals surface area contributed by atoms with Gasteiger partial charge >= 0.3 is 6.09 Å². The van der Waals surface area contributed by atoms with Crippen molar-refractivity contribution in [2.45, 2.75) is 32.9 Å². The molecule has 0 spiro atoms. The number of pyridine rings is 1. The number of hydrogen-bond acceptors (Lipinski definition) is 4. The van der Waals surface area contributed by atoms with E-state index in [-0.39, 0.29) is 5.69 Å². The average molecular weight is 317 g/mol. The van der Waals surface area contributed by atoms with E-state index in [1.54, 1.807) is 27.0 Å². The Labute approximate surface area is 134 Å². The molecule has 5 nitrogen and oxygen atoms in total. The highest BCUT2D eigenvalue weighted by Gasteiger charge is 2.16. The predicted molar refractivity (Wildman–Crippen MR) is 87.8 cm³/mol. The van der Waals surface area contributed by atoms with Crippen LogP contribution in [0.1, 0.15) is 26.5 Å². The van der Waals surface area contributed by atoms with Crippen LogP contribution in [-0.4, -0.2) is 16.7 Å².